The van der Waals surface area contributed by atoms with Crippen molar-refractivity contribution < 1.29 is 76.5 Å². The zero-order chi connectivity index (χ0) is 46.3. The molecule has 62 heavy (non-hydrogen) atoms. The molecule has 0 saturated heterocycles. The summed E-state index contributed by atoms with van der Waals surface area (Å²) < 4.78 is 49.0. The van der Waals surface area contributed by atoms with Crippen LogP contribution in [0.15, 0.2) is 16.8 Å². The van der Waals surface area contributed by atoms with Crippen LogP contribution in [0, 0.1) is 18.3 Å². The molecule has 2 aliphatic rings. The first-order chi connectivity index (χ1) is 29.2. The number of ether oxygens (including phenoxy) is 9. The summed E-state index contributed by atoms with van der Waals surface area (Å²) in [6.07, 6.45) is 0.836. The number of alkyl carbamates (subject to hydrolysis) is 1. The number of carbonyl (C=O) groups excluding carboxylic acids is 6. The summed E-state index contributed by atoms with van der Waals surface area (Å²) in [5.74, 6) is -1.39. The molecular weight excluding hydrogens is 820 g/mol. The zero-order valence-electron chi connectivity index (χ0n) is 36.8. The summed E-state index contributed by atoms with van der Waals surface area (Å²) in [5.41, 5.74) is -1.96. The van der Waals surface area contributed by atoms with Crippen molar-refractivity contribution >= 4 is 41.8 Å². The Bertz CT molecular complexity index is 1580. The van der Waals surface area contributed by atoms with E-state index in [2.05, 4.69) is 37.5 Å². The number of esters is 1. The van der Waals surface area contributed by atoms with Crippen molar-refractivity contribution in [1.29, 1.82) is 0 Å². The summed E-state index contributed by atoms with van der Waals surface area (Å²) in [5, 5.41) is 24.7. The van der Waals surface area contributed by atoms with E-state index < -0.39 is 89.9 Å². The molecular formula is C40H64N6O16. The number of aliphatic imine (C=N–C) groups is 1. The van der Waals surface area contributed by atoms with E-state index in [1.165, 1.54) is 13.0 Å². The lowest BCUT2D eigenvalue weighted by Crippen LogP contribution is -2.65. The molecule has 1 fully saturated rings. The Labute approximate surface area is 362 Å². The molecule has 0 spiro atoms. The van der Waals surface area contributed by atoms with Crippen molar-refractivity contribution in [2.75, 3.05) is 79.7 Å². The van der Waals surface area contributed by atoms with Gasteiger partial charge in [0.15, 0.2) is 6.10 Å². The first kappa shape index (κ1) is 53.1. The van der Waals surface area contributed by atoms with E-state index in [1.807, 2.05) is 0 Å². The molecule has 22 nitrogen and oxygen atoms in total. The summed E-state index contributed by atoms with van der Waals surface area (Å²) >= 11 is 0. The number of aliphatic hydroxyl groups is 1. The van der Waals surface area contributed by atoms with Gasteiger partial charge in [0.1, 0.15) is 36.6 Å². The maximum Gasteiger partial charge on any atom is 0.437 e. The maximum absolute atomic E-state index is 13.0. The highest BCUT2D eigenvalue weighted by Crippen LogP contribution is 2.29. The number of nitrogens with one attached hydrogen (secondary N) is 5. The van der Waals surface area contributed by atoms with Gasteiger partial charge in [0.2, 0.25) is 29.4 Å². The second-order valence-corrected chi connectivity index (χ2v) is 15.9. The Balaban J connectivity index is 2.28. The van der Waals surface area contributed by atoms with Gasteiger partial charge in [-0.05, 0) is 60.5 Å². The minimum Gasteiger partial charge on any atom is -0.478 e. The third-order valence-electron chi connectivity index (χ3n) is 8.02. The molecule has 1 aliphatic carbocycles. The van der Waals surface area contributed by atoms with Crippen LogP contribution in [0.3, 0.4) is 0 Å². The minimum absolute atomic E-state index is 0.0771. The second-order valence-electron chi connectivity index (χ2n) is 15.9. The van der Waals surface area contributed by atoms with Gasteiger partial charge < -0.3 is 69.0 Å². The first-order valence-corrected chi connectivity index (χ1v) is 20.1. The number of terminal acetylenes is 1. The lowest BCUT2D eigenvalue weighted by molar-refractivity contribution is -0.157. The van der Waals surface area contributed by atoms with Crippen LogP contribution in [0.2, 0.25) is 0 Å². The monoisotopic (exact) mass is 884 g/mol. The van der Waals surface area contributed by atoms with Crippen LogP contribution in [0.25, 0.3) is 0 Å². The van der Waals surface area contributed by atoms with E-state index in [9.17, 15) is 33.9 Å². The number of nitrogens with zero attached hydrogens (tertiary/aromatic N) is 1. The molecule has 6 N–H and O–H groups in total. The van der Waals surface area contributed by atoms with Crippen molar-refractivity contribution in [3.8, 4) is 12.3 Å². The third-order valence-corrected chi connectivity index (χ3v) is 8.02. The average molecular weight is 885 g/mol. The van der Waals surface area contributed by atoms with Crippen molar-refractivity contribution in [1.82, 2.24) is 26.6 Å². The van der Waals surface area contributed by atoms with Gasteiger partial charge in [0.25, 0.3) is 0 Å². The van der Waals surface area contributed by atoms with E-state index in [-0.39, 0.29) is 51.3 Å². The van der Waals surface area contributed by atoms with Crippen molar-refractivity contribution in [2.24, 2.45) is 10.9 Å². The van der Waals surface area contributed by atoms with E-state index >= 15 is 0 Å². The lowest BCUT2D eigenvalue weighted by Gasteiger charge is -2.42. The van der Waals surface area contributed by atoms with Gasteiger partial charge in [-0.25, -0.2) is 14.4 Å². The number of aliphatic hydroxyl groups excluding tert-OH is 1. The predicted octanol–water partition coefficient (Wildman–Crippen LogP) is -0.191. The smallest absolute Gasteiger partial charge is 0.437 e. The molecule has 1 saturated carbocycles. The van der Waals surface area contributed by atoms with E-state index in [4.69, 9.17) is 49.1 Å². The number of rotatable bonds is 24. The zero-order valence-corrected chi connectivity index (χ0v) is 36.8. The van der Waals surface area contributed by atoms with Crippen molar-refractivity contribution in [3.63, 3.8) is 0 Å². The maximum atomic E-state index is 13.0. The Morgan fingerprint density at radius 2 is 1.48 bits per heavy atom. The van der Waals surface area contributed by atoms with Crippen LogP contribution < -0.4 is 26.6 Å². The molecule has 0 aromatic carbocycles. The number of amides is 5. The molecule has 5 atom stereocenters. The van der Waals surface area contributed by atoms with Crippen LogP contribution in [0.1, 0.15) is 61.3 Å². The summed E-state index contributed by atoms with van der Waals surface area (Å²) in [7, 11) is 1.08. The van der Waals surface area contributed by atoms with Crippen LogP contribution >= 0.6 is 0 Å². The summed E-state index contributed by atoms with van der Waals surface area (Å²) in [6.45, 7) is 12.2. The van der Waals surface area contributed by atoms with Gasteiger partial charge in [0, 0.05) is 25.9 Å². The number of methoxy groups -OCH3 is 1. The molecule has 0 bridgehead atoms. The highest BCUT2D eigenvalue weighted by atomic mass is 16.6. The Morgan fingerprint density at radius 3 is 2.03 bits per heavy atom. The fourth-order valence-corrected chi connectivity index (χ4v) is 5.30. The Kier molecular flexibility index (Phi) is 23.2. The molecule has 5 amide bonds. The summed E-state index contributed by atoms with van der Waals surface area (Å²) in [6, 6.07) is -2.59. The van der Waals surface area contributed by atoms with Gasteiger partial charge in [-0.15, -0.1) is 11.4 Å². The van der Waals surface area contributed by atoms with Gasteiger partial charge in [-0.3, -0.25) is 19.7 Å². The van der Waals surface area contributed by atoms with Gasteiger partial charge in [-0.2, -0.15) is 0 Å². The molecule has 1 aliphatic heterocycles. The molecule has 0 aromatic rings. The van der Waals surface area contributed by atoms with Gasteiger partial charge in [-0.1, -0.05) is 5.92 Å². The molecule has 22 heteroatoms. The van der Waals surface area contributed by atoms with E-state index in [1.54, 1.807) is 41.5 Å². The molecule has 350 valence electrons. The largest absolute Gasteiger partial charge is 0.478 e. The third kappa shape index (κ3) is 22.7. The molecule has 2 rings (SSSR count). The van der Waals surface area contributed by atoms with E-state index in [0.717, 1.165) is 7.11 Å². The van der Waals surface area contributed by atoms with Crippen molar-refractivity contribution in [2.45, 2.75) is 103 Å². The van der Waals surface area contributed by atoms with Gasteiger partial charge >= 0.3 is 18.2 Å². The SMILES string of the molecule is C#CCOCCOCCOCCOCCNC(=O)CO[C@@H]([C@@H]1OC(C(=O)OC)=C[C@H](N/C(=N/C(=O)OC(C)(C)C)NC(=O)OC(C)(C)C)[C@H]1NC(C)=O)[C@H](O)CNC(=O)C1CC1. The molecule has 0 aromatic heterocycles. The molecule has 0 radical (unpaired) electrons. The van der Waals surface area contributed by atoms with Crippen LogP contribution in [-0.2, 0) is 61.8 Å². The summed E-state index contributed by atoms with van der Waals surface area (Å²) in [4.78, 5) is 81.0. The topological polar surface area (TPSA) is 278 Å². The number of hydrogen-bond donors (Lipinski definition) is 6. The lowest BCUT2D eigenvalue weighted by atomic mass is 9.91. The Morgan fingerprint density at radius 1 is 0.887 bits per heavy atom. The fraction of sp³-hybridized carbons (Fsp3) is 0.725. The van der Waals surface area contributed by atoms with E-state index in [0.29, 0.717) is 39.3 Å². The highest BCUT2D eigenvalue weighted by Gasteiger charge is 2.46. The minimum atomic E-state index is -1.60. The van der Waals surface area contributed by atoms with Crippen LogP contribution in [0.5, 0.6) is 0 Å². The number of hydrogen-bond acceptors (Lipinski definition) is 16. The quantitative estimate of drug-likeness (QED) is 0.0183. The normalized spacial score (nSPS) is 18.7. The Hall–Kier alpha value is -5.05. The second kappa shape index (κ2) is 27.1. The number of guanidine groups is 1. The predicted molar refractivity (Wildman–Crippen MR) is 219 cm³/mol. The van der Waals surface area contributed by atoms with Crippen LogP contribution in [0.4, 0.5) is 9.59 Å². The highest BCUT2D eigenvalue weighted by molar-refractivity contribution is 5.99. The van der Waals surface area contributed by atoms with Crippen molar-refractivity contribution in [3.05, 3.63) is 11.8 Å². The molecule has 1 heterocycles. The van der Waals surface area contributed by atoms with Crippen LogP contribution in [-0.4, -0.2) is 168 Å². The first-order valence-electron chi connectivity index (χ1n) is 20.1. The fourth-order valence-electron chi connectivity index (χ4n) is 5.30. The average Bonchev–Trinajstić information content (AvgIpc) is 4.02. The standard InChI is InChI=1S/C40H64N6O16/c1-10-14-55-16-18-57-20-21-58-19-17-56-15-13-41-30(49)24-59-32(28(48)23-42-34(50)26-11-12-26)33-31(43-25(2)47)27(22-29(60-33)35(51)54-9)44-36(45-37(52)61-39(3,4)5)46-38(53)62-40(6,7)8/h1,22,26-28,31-33,48H,11-21,23-24H2,2-9H3,(H,41,49)(H,42,50)(H,43,47)(H2,44,45,46,52,53)/t27-,28+,31+,32+,33+/m0/s1. The number of carbonyl (C=O) groups is 6. The molecule has 0 unspecified atom stereocenters. The van der Waals surface area contributed by atoms with Gasteiger partial charge in [0.05, 0.1) is 65.4 Å².